The summed E-state index contributed by atoms with van der Waals surface area (Å²) in [6.07, 6.45) is 0. The van der Waals surface area contributed by atoms with Gasteiger partial charge in [0.2, 0.25) is 0 Å². The van der Waals surface area contributed by atoms with Crippen LogP contribution in [0.2, 0.25) is 0 Å². The molecule has 1 amide bonds. The average Bonchev–Trinajstić information content (AvgIpc) is 2.60. The normalized spacial score (nSPS) is 10.5. The van der Waals surface area contributed by atoms with Crippen LogP contribution >= 0.6 is 0 Å². The van der Waals surface area contributed by atoms with Gasteiger partial charge >= 0.3 is 5.97 Å². The molecule has 26 heavy (non-hydrogen) atoms. The van der Waals surface area contributed by atoms with E-state index < -0.39 is 30.1 Å². The van der Waals surface area contributed by atoms with Gasteiger partial charge in [-0.2, -0.15) is 0 Å². The van der Waals surface area contributed by atoms with E-state index in [1.54, 1.807) is 12.1 Å². The van der Waals surface area contributed by atoms with Gasteiger partial charge in [-0.3, -0.25) is 4.79 Å². The number of rotatable bonds is 7. The number of carbonyl (C=O) groups excluding carboxylic acids is 2. The highest BCUT2D eigenvalue weighted by Gasteiger charge is 2.12. The van der Waals surface area contributed by atoms with Crippen LogP contribution in [0.5, 0.6) is 5.75 Å². The summed E-state index contributed by atoms with van der Waals surface area (Å²) in [5, 5.41) is 2.20. The molecule has 0 saturated carbocycles. The van der Waals surface area contributed by atoms with Crippen molar-refractivity contribution in [2.24, 2.45) is 5.92 Å². The molecule has 0 atom stereocenters. The van der Waals surface area contributed by atoms with Gasteiger partial charge in [0.15, 0.2) is 6.61 Å². The topological polar surface area (TPSA) is 64.6 Å². The Morgan fingerprint density at radius 2 is 1.77 bits per heavy atom. The first kappa shape index (κ1) is 19.4. The zero-order valence-electron chi connectivity index (χ0n) is 14.4. The van der Waals surface area contributed by atoms with E-state index in [2.05, 4.69) is 5.32 Å². The maximum atomic E-state index is 13.5. The SMILES string of the molecule is CC(C)COc1ccc(C(=O)OCC(=O)Nc2ccc(F)cc2F)cc1. The summed E-state index contributed by atoms with van der Waals surface area (Å²) in [6.45, 7) is 4.01. The highest BCUT2D eigenvalue weighted by Crippen LogP contribution is 2.16. The van der Waals surface area contributed by atoms with Crippen LogP contribution in [0.3, 0.4) is 0 Å². The molecule has 5 nitrogen and oxygen atoms in total. The fourth-order valence-electron chi connectivity index (χ4n) is 1.94. The Bertz CT molecular complexity index is 776. The number of amides is 1. The third-order valence-corrected chi connectivity index (χ3v) is 3.21. The van der Waals surface area contributed by atoms with Crippen LogP contribution in [0.4, 0.5) is 14.5 Å². The van der Waals surface area contributed by atoms with E-state index in [-0.39, 0.29) is 11.3 Å². The third-order valence-electron chi connectivity index (χ3n) is 3.21. The van der Waals surface area contributed by atoms with Crippen LogP contribution in [0, 0.1) is 17.6 Å². The summed E-state index contributed by atoms with van der Waals surface area (Å²) in [5.74, 6) is -2.10. The number of benzene rings is 2. The Morgan fingerprint density at radius 3 is 2.38 bits per heavy atom. The summed E-state index contributed by atoms with van der Waals surface area (Å²) in [5.41, 5.74) is 0.0572. The first-order chi connectivity index (χ1) is 12.3. The molecule has 2 rings (SSSR count). The highest BCUT2D eigenvalue weighted by molar-refractivity contribution is 5.95. The molecule has 0 radical (unpaired) electrons. The van der Waals surface area contributed by atoms with Crippen LogP contribution in [0.15, 0.2) is 42.5 Å². The molecule has 0 aliphatic carbocycles. The largest absolute Gasteiger partial charge is 0.493 e. The molecular weight excluding hydrogens is 344 g/mol. The molecular formula is C19H19F2NO4. The molecule has 2 aromatic carbocycles. The molecule has 0 saturated heterocycles. The third kappa shape index (κ3) is 5.84. The minimum atomic E-state index is -0.915. The number of anilines is 1. The van der Waals surface area contributed by atoms with Crippen LogP contribution in [0.25, 0.3) is 0 Å². The Hall–Kier alpha value is -2.96. The summed E-state index contributed by atoms with van der Waals surface area (Å²) < 4.78 is 36.6. The lowest BCUT2D eigenvalue weighted by Gasteiger charge is -2.09. The van der Waals surface area contributed by atoms with Crippen LogP contribution in [-0.2, 0) is 9.53 Å². The van der Waals surface area contributed by atoms with Gasteiger partial charge in [-0.05, 0) is 42.3 Å². The van der Waals surface area contributed by atoms with Crippen LogP contribution in [0.1, 0.15) is 24.2 Å². The van der Waals surface area contributed by atoms with Crippen molar-refractivity contribution in [3.05, 3.63) is 59.7 Å². The number of hydrogen-bond donors (Lipinski definition) is 1. The van der Waals surface area contributed by atoms with E-state index in [1.807, 2.05) is 13.8 Å². The molecule has 0 aliphatic rings. The monoisotopic (exact) mass is 363 g/mol. The number of ether oxygens (including phenoxy) is 2. The lowest BCUT2D eigenvalue weighted by atomic mass is 10.2. The molecule has 0 fully saturated rings. The molecule has 0 aromatic heterocycles. The predicted octanol–water partition coefficient (Wildman–Crippen LogP) is 3.80. The van der Waals surface area contributed by atoms with Gasteiger partial charge in [0.1, 0.15) is 17.4 Å². The summed E-state index contributed by atoms with van der Waals surface area (Å²) in [4.78, 5) is 23.6. The molecule has 2 aromatic rings. The smallest absolute Gasteiger partial charge is 0.338 e. The van der Waals surface area contributed by atoms with Crippen molar-refractivity contribution >= 4 is 17.6 Å². The maximum absolute atomic E-state index is 13.5. The van der Waals surface area contributed by atoms with Crippen molar-refractivity contribution in [1.29, 1.82) is 0 Å². The highest BCUT2D eigenvalue weighted by atomic mass is 19.1. The van der Waals surface area contributed by atoms with E-state index in [0.717, 1.165) is 12.1 Å². The molecule has 0 heterocycles. The van der Waals surface area contributed by atoms with Gasteiger partial charge in [0.05, 0.1) is 17.9 Å². The summed E-state index contributed by atoms with van der Waals surface area (Å²) in [7, 11) is 0. The quantitative estimate of drug-likeness (QED) is 0.760. The minimum Gasteiger partial charge on any atom is -0.493 e. The molecule has 0 aliphatic heterocycles. The van der Waals surface area contributed by atoms with Crippen LogP contribution in [-0.4, -0.2) is 25.1 Å². The number of carbonyl (C=O) groups is 2. The fourth-order valence-corrected chi connectivity index (χ4v) is 1.94. The zero-order valence-corrected chi connectivity index (χ0v) is 14.4. The number of esters is 1. The Balaban J connectivity index is 1.84. The molecule has 0 spiro atoms. The Morgan fingerprint density at radius 1 is 1.08 bits per heavy atom. The van der Waals surface area contributed by atoms with Gasteiger partial charge in [0, 0.05) is 6.07 Å². The Labute approximate surface area is 149 Å². The van der Waals surface area contributed by atoms with E-state index in [0.29, 0.717) is 24.3 Å². The maximum Gasteiger partial charge on any atom is 0.338 e. The van der Waals surface area contributed by atoms with Crippen molar-refractivity contribution in [3.63, 3.8) is 0 Å². The van der Waals surface area contributed by atoms with Crippen molar-refractivity contribution in [2.75, 3.05) is 18.5 Å². The first-order valence-electron chi connectivity index (χ1n) is 8.00. The molecule has 1 N–H and O–H groups in total. The van der Waals surface area contributed by atoms with Gasteiger partial charge < -0.3 is 14.8 Å². The average molecular weight is 363 g/mol. The lowest BCUT2D eigenvalue weighted by Crippen LogP contribution is -2.21. The second-order valence-electron chi connectivity index (χ2n) is 5.98. The van der Waals surface area contributed by atoms with Crippen LogP contribution < -0.4 is 10.1 Å². The zero-order chi connectivity index (χ0) is 19.1. The summed E-state index contributed by atoms with van der Waals surface area (Å²) >= 11 is 0. The van der Waals surface area contributed by atoms with Crippen molar-refractivity contribution < 1.29 is 27.8 Å². The van der Waals surface area contributed by atoms with Crippen molar-refractivity contribution in [3.8, 4) is 5.75 Å². The number of nitrogens with one attached hydrogen (secondary N) is 1. The number of halogens is 2. The van der Waals surface area contributed by atoms with Gasteiger partial charge in [0.25, 0.3) is 5.91 Å². The second kappa shape index (κ2) is 8.94. The molecule has 138 valence electrons. The standard InChI is InChI=1S/C19H19F2NO4/c1-12(2)10-25-15-6-3-13(4-7-15)19(24)26-11-18(23)22-17-8-5-14(20)9-16(17)21/h3-9,12H,10-11H2,1-2H3,(H,22,23). The van der Waals surface area contributed by atoms with E-state index in [1.165, 1.54) is 12.1 Å². The number of hydrogen-bond acceptors (Lipinski definition) is 4. The van der Waals surface area contributed by atoms with E-state index >= 15 is 0 Å². The van der Waals surface area contributed by atoms with Gasteiger partial charge in [-0.1, -0.05) is 13.8 Å². The van der Waals surface area contributed by atoms with Gasteiger partial charge in [-0.25, -0.2) is 13.6 Å². The molecule has 0 bridgehead atoms. The summed E-state index contributed by atoms with van der Waals surface area (Å²) in [6, 6.07) is 9.05. The van der Waals surface area contributed by atoms with Crippen molar-refractivity contribution in [1.82, 2.24) is 0 Å². The second-order valence-corrected chi connectivity index (χ2v) is 5.98. The van der Waals surface area contributed by atoms with E-state index in [4.69, 9.17) is 9.47 Å². The minimum absolute atomic E-state index is 0.195. The van der Waals surface area contributed by atoms with E-state index in [9.17, 15) is 18.4 Å². The lowest BCUT2D eigenvalue weighted by molar-refractivity contribution is -0.119. The molecule has 0 unspecified atom stereocenters. The fraction of sp³-hybridized carbons (Fsp3) is 0.263. The van der Waals surface area contributed by atoms with Crippen molar-refractivity contribution in [2.45, 2.75) is 13.8 Å². The Kier molecular flexibility index (Phi) is 6.66. The van der Waals surface area contributed by atoms with Gasteiger partial charge in [-0.15, -0.1) is 0 Å². The predicted molar refractivity (Wildman–Crippen MR) is 92.0 cm³/mol. The molecule has 7 heteroatoms. The first-order valence-corrected chi connectivity index (χ1v) is 8.00.